The van der Waals surface area contributed by atoms with Crippen LogP contribution in [-0.2, 0) is 14.3 Å². The summed E-state index contributed by atoms with van der Waals surface area (Å²) in [4.78, 5) is 23.5. The van der Waals surface area contributed by atoms with Crippen molar-refractivity contribution in [3.63, 3.8) is 0 Å². The third-order valence-corrected chi connectivity index (χ3v) is 3.81. The van der Waals surface area contributed by atoms with Gasteiger partial charge in [0.1, 0.15) is 0 Å². The first-order valence-electron chi connectivity index (χ1n) is 7.78. The summed E-state index contributed by atoms with van der Waals surface area (Å²) < 4.78 is 10.3. The molecule has 0 amide bonds. The van der Waals surface area contributed by atoms with Crippen LogP contribution in [-0.4, -0.2) is 18.0 Å². The molecular formula is C17H22Cl2O4. The van der Waals surface area contributed by atoms with E-state index in [2.05, 4.69) is 6.92 Å². The Morgan fingerprint density at radius 3 is 2.30 bits per heavy atom. The Morgan fingerprint density at radius 2 is 1.70 bits per heavy atom. The van der Waals surface area contributed by atoms with Gasteiger partial charge in [0.2, 0.25) is 0 Å². The molecule has 0 aromatic heterocycles. The lowest BCUT2D eigenvalue weighted by atomic mass is 10.1. The molecule has 0 saturated heterocycles. The van der Waals surface area contributed by atoms with Gasteiger partial charge in [-0.3, -0.25) is 9.59 Å². The highest BCUT2D eigenvalue weighted by molar-refractivity contribution is 6.37. The molecular weight excluding hydrogens is 339 g/mol. The van der Waals surface area contributed by atoms with Crippen LogP contribution in [0.5, 0.6) is 5.75 Å². The average molecular weight is 361 g/mol. The summed E-state index contributed by atoms with van der Waals surface area (Å²) in [6.45, 7) is 3.98. The van der Waals surface area contributed by atoms with Crippen molar-refractivity contribution in [1.29, 1.82) is 0 Å². The number of unbranched alkanes of at least 4 members (excludes halogenated alkanes) is 2. The normalized spacial score (nSPS) is 11.8. The summed E-state index contributed by atoms with van der Waals surface area (Å²) in [7, 11) is 0. The van der Waals surface area contributed by atoms with Crippen molar-refractivity contribution < 1.29 is 19.1 Å². The summed E-state index contributed by atoms with van der Waals surface area (Å²) in [5.74, 6) is -0.867. The fraction of sp³-hybridized carbons (Fsp3) is 0.529. The molecule has 0 aliphatic rings. The second-order valence-electron chi connectivity index (χ2n) is 5.32. The van der Waals surface area contributed by atoms with Crippen LogP contribution in [0.25, 0.3) is 0 Å². The van der Waals surface area contributed by atoms with Gasteiger partial charge in [-0.25, -0.2) is 0 Å². The zero-order valence-corrected chi connectivity index (χ0v) is 15.0. The molecule has 0 radical (unpaired) electrons. The van der Waals surface area contributed by atoms with Gasteiger partial charge in [0.15, 0.2) is 5.75 Å². The summed E-state index contributed by atoms with van der Waals surface area (Å²) >= 11 is 11.8. The minimum atomic E-state index is -0.574. The molecule has 1 rings (SSSR count). The molecule has 128 valence electrons. The summed E-state index contributed by atoms with van der Waals surface area (Å²) in [6, 6.07) is 4.80. The first-order chi connectivity index (χ1) is 10.9. The Kier molecular flexibility index (Phi) is 9.03. The number of para-hydroxylation sites is 1. The zero-order chi connectivity index (χ0) is 17.2. The molecule has 0 spiro atoms. The maximum Gasteiger partial charge on any atom is 0.311 e. The van der Waals surface area contributed by atoms with Gasteiger partial charge < -0.3 is 9.47 Å². The first-order valence-corrected chi connectivity index (χ1v) is 8.53. The van der Waals surface area contributed by atoms with E-state index in [1.807, 2.05) is 6.92 Å². The van der Waals surface area contributed by atoms with Crippen molar-refractivity contribution in [3.05, 3.63) is 28.2 Å². The van der Waals surface area contributed by atoms with Crippen LogP contribution in [0.1, 0.15) is 52.4 Å². The molecule has 1 aromatic rings. The van der Waals surface area contributed by atoms with E-state index in [1.165, 1.54) is 0 Å². The highest BCUT2D eigenvalue weighted by atomic mass is 35.5. The van der Waals surface area contributed by atoms with Crippen LogP contribution in [0.15, 0.2) is 18.2 Å². The number of esters is 2. The van der Waals surface area contributed by atoms with E-state index in [0.29, 0.717) is 0 Å². The lowest BCUT2D eigenvalue weighted by Gasteiger charge is -2.13. The predicted octanol–water partition coefficient (Wildman–Crippen LogP) is 5.19. The molecule has 1 atom stereocenters. The van der Waals surface area contributed by atoms with Gasteiger partial charge in [0, 0.05) is 0 Å². The van der Waals surface area contributed by atoms with Gasteiger partial charge in [-0.05, 0) is 31.9 Å². The average Bonchev–Trinajstić information content (AvgIpc) is 2.49. The Morgan fingerprint density at radius 1 is 1.09 bits per heavy atom. The molecule has 23 heavy (non-hydrogen) atoms. The SMILES string of the molecule is CCCCCC(C)OC(=O)CCC(=O)Oc1c(Cl)cccc1Cl. The monoisotopic (exact) mass is 360 g/mol. The number of carbonyl (C=O) groups excluding carboxylic acids is 2. The Bertz CT molecular complexity index is 511. The van der Waals surface area contributed by atoms with E-state index >= 15 is 0 Å². The van der Waals surface area contributed by atoms with Crippen LogP contribution >= 0.6 is 23.2 Å². The van der Waals surface area contributed by atoms with Gasteiger partial charge in [-0.1, -0.05) is 49.0 Å². The number of carbonyl (C=O) groups is 2. The molecule has 0 saturated carbocycles. The largest absolute Gasteiger partial charge is 0.463 e. The number of ether oxygens (including phenoxy) is 2. The van der Waals surface area contributed by atoms with Gasteiger partial charge >= 0.3 is 11.9 Å². The standard InChI is InChI=1S/C17H22Cl2O4/c1-3-4-5-7-12(2)22-15(20)10-11-16(21)23-17-13(18)8-6-9-14(17)19/h6,8-9,12H,3-5,7,10-11H2,1-2H3. The van der Waals surface area contributed by atoms with Crippen LogP contribution < -0.4 is 4.74 Å². The van der Waals surface area contributed by atoms with Crippen molar-refractivity contribution in [3.8, 4) is 5.75 Å². The molecule has 0 heterocycles. The maximum atomic E-state index is 11.8. The van der Waals surface area contributed by atoms with Crippen molar-refractivity contribution in [2.75, 3.05) is 0 Å². The second kappa shape index (κ2) is 10.5. The molecule has 4 nitrogen and oxygen atoms in total. The number of hydrogen-bond acceptors (Lipinski definition) is 4. The second-order valence-corrected chi connectivity index (χ2v) is 6.14. The van der Waals surface area contributed by atoms with E-state index in [-0.39, 0.29) is 34.7 Å². The molecule has 0 aliphatic heterocycles. The Hall–Kier alpha value is -1.26. The summed E-state index contributed by atoms with van der Waals surface area (Å²) in [5.41, 5.74) is 0. The summed E-state index contributed by atoms with van der Waals surface area (Å²) in [6.07, 6.45) is 3.85. The number of halogens is 2. The minimum Gasteiger partial charge on any atom is -0.463 e. The van der Waals surface area contributed by atoms with Gasteiger partial charge in [0.05, 0.1) is 29.0 Å². The highest BCUT2D eigenvalue weighted by Gasteiger charge is 2.15. The first kappa shape index (κ1) is 19.8. The third-order valence-electron chi connectivity index (χ3n) is 3.21. The van der Waals surface area contributed by atoms with Gasteiger partial charge in [-0.15, -0.1) is 0 Å². The van der Waals surface area contributed by atoms with Crippen LogP contribution in [0.3, 0.4) is 0 Å². The van der Waals surface area contributed by atoms with Gasteiger partial charge in [-0.2, -0.15) is 0 Å². The van der Waals surface area contributed by atoms with E-state index in [9.17, 15) is 9.59 Å². The fourth-order valence-corrected chi connectivity index (χ4v) is 2.45. The highest BCUT2D eigenvalue weighted by Crippen LogP contribution is 2.32. The number of benzene rings is 1. The number of hydrogen-bond donors (Lipinski definition) is 0. The topological polar surface area (TPSA) is 52.6 Å². The molecule has 0 N–H and O–H groups in total. The predicted molar refractivity (Wildman–Crippen MR) is 91.0 cm³/mol. The fourth-order valence-electron chi connectivity index (χ4n) is 1.97. The zero-order valence-electron chi connectivity index (χ0n) is 13.4. The minimum absolute atomic E-state index is 0.0287. The Labute approximate surface area is 147 Å². The van der Waals surface area contributed by atoms with E-state index in [4.69, 9.17) is 32.7 Å². The van der Waals surface area contributed by atoms with E-state index < -0.39 is 11.9 Å². The van der Waals surface area contributed by atoms with Crippen molar-refractivity contribution in [1.82, 2.24) is 0 Å². The maximum absolute atomic E-state index is 11.8. The van der Waals surface area contributed by atoms with E-state index in [1.54, 1.807) is 18.2 Å². The summed E-state index contributed by atoms with van der Waals surface area (Å²) in [5, 5.41) is 0.496. The smallest absolute Gasteiger partial charge is 0.311 e. The lowest BCUT2D eigenvalue weighted by Crippen LogP contribution is -2.17. The third kappa shape index (κ3) is 7.71. The van der Waals surface area contributed by atoms with Crippen molar-refractivity contribution in [2.45, 2.75) is 58.5 Å². The Balaban J connectivity index is 2.34. The van der Waals surface area contributed by atoms with Crippen molar-refractivity contribution in [2.24, 2.45) is 0 Å². The molecule has 0 aliphatic carbocycles. The molecule has 1 aromatic carbocycles. The van der Waals surface area contributed by atoms with Crippen molar-refractivity contribution >= 4 is 35.1 Å². The quantitative estimate of drug-likeness (QED) is 0.345. The molecule has 6 heteroatoms. The van der Waals surface area contributed by atoms with Gasteiger partial charge in [0.25, 0.3) is 0 Å². The number of rotatable bonds is 9. The van der Waals surface area contributed by atoms with Crippen LogP contribution in [0, 0.1) is 0 Å². The lowest BCUT2D eigenvalue weighted by molar-refractivity contribution is -0.151. The van der Waals surface area contributed by atoms with E-state index in [0.717, 1.165) is 25.7 Å². The molecule has 0 bridgehead atoms. The van der Waals surface area contributed by atoms with Crippen LogP contribution in [0.2, 0.25) is 10.0 Å². The molecule has 1 unspecified atom stereocenters. The molecule has 0 fully saturated rings. The van der Waals surface area contributed by atoms with Crippen LogP contribution in [0.4, 0.5) is 0 Å².